The molecule has 4 heteroatoms. The van der Waals surface area contributed by atoms with E-state index in [1.54, 1.807) is 0 Å². The summed E-state index contributed by atoms with van der Waals surface area (Å²) in [7, 11) is 0. The van der Waals surface area contributed by atoms with Crippen molar-refractivity contribution in [2.75, 3.05) is 11.9 Å². The van der Waals surface area contributed by atoms with Crippen molar-refractivity contribution in [2.45, 2.75) is 72.1 Å². The number of halogens is 2. The highest BCUT2D eigenvalue weighted by Crippen LogP contribution is 2.65. The summed E-state index contributed by atoms with van der Waals surface area (Å²) in [6.07, 6.45) is 10.6. The molecule has 1 aromatic rings. The van der Waals surface area contributed by atoms with Gasteiger partial charge in [-0.3, -0.25) is 4.79 Å². The minimum atomic E-state index is -0.638. The second-order valence-electron chi connectivity index (χ2n) is 12.0. The Hall–Kier alpha value is -1.45. The fraction of sp³-hybridized carbons (Fsp3) is 0.750. The number of rotatable bonds is 4. The number of hydrogen-bond donors (Lipinski definition) is 1. The third-order valence-electron chi connectivity index (χ3n) is 10.3. The average Bonchev–Trinajstić information content (AvgIpc) is 3.02. The maximum atomic E-state index is 14.0. The number of fused-ring (bicyclic) bond motifs is 5. The fourth-order valence-corrected chi connectivity index (χ4v) is 9.06. The Labute approximate surface area is 191 Å². The third kappa shape index (κ3) is 3.70. The molecule has 8 unspecified atom stereocenters. The number of Topliss-reactive ketones (excluding diaryl/α,β-unsaturated/α-hetero) is 1. The number of hydrogen-bond acceptors (Lipinski definition) is 2. The first kappa shape index (κ1) is 22.3. The van der Waals surface area contributed by atoms with Crippen molar-refractivity contribution < 1.29 is 13.6 Å². The molecule has 1 aromatic carbocycles. The molecule has 1 N–H and O–H groups in total. The van der Waals surface area contributed by atoms with Gasteiger partial charge >= 0.3 is 0 Å². The highest BCUT2D eigenvalue weighted by atomic mass is 19.1. The maximum absolute atomic E-state index is 14.0. The van der Waals surface area contributed by atoms with E-state index in [4.69, 9.17) is 0 Å². The van der Waals surface area contributed by atoms with Gasteiger partial charge < -0.3 is 5.32 Å². The SMILES string of the molecule is CC1CCC2C3CCC4(C)C(CC(C)C4C(=O)CNc4ccc(F)cc4F)C3CC[C@@H]2C1. The number of carbonyl (C=O) groups excluding carboxylic acids is 1. The molecule has 0 aliphatic heterocycles. The van der Waals surface area contributed by atoms with Crippen LogP contribution in [0.2, 0.25) is 0 Å². The summed E-state index contributed by atoms with van der Waals surface area (Å²) in [4.78, 5) is 13.4. The van der Waals surface area contributed by atoms with Gasteiger partial charge in [0, 0.05) is 12.0 Å². The second kappa shape index (κ2) is 8.40. The highest BCUT2D eigenvalue weighted by Gasteiger charge is 2.60. The van der Waals surface area contributed by atoms with Crippen molar-refractivity contribution in [3.05, 3.63) is 29.8 Å². The zero-order valence-electron chi connectivity index (χ0n) is 19.9. The molecule has 0 saturated heterocycles. The molecular weight excluding hydrogens is 404 g/mol. The van der Waals surface area contributed by atoms with Crippen molar-refractivity contribution in [1.82, 2.24) is 0 Å². The average molecular weight is 444 g/mol. The molecule has 0 heterocycles. The lowest BCUT2D eigenvalue weighted by atomic mass is 9.49. The van der Waals surface area contributed by atoms with Crippen molar-refractivity contribution in [1.29, 1.82) is 0 Å². The van der Waals surface area contributed by atoms with Gasteiger partial charge in [0.25, 0.3) is 0 Å². The molecule has 0 amide bonds. The molecule has 176 valence electrons. The molecule has 4 aliphatic carbocycles. The van der Waals surface area contributed by atoms with Gasteiger partial charge in [-0.05, 0) is 104 Å². The Balaban J connectivity index is 1.30. The molecule has 4 aliphatic rings. The van der Waals surface area contributed by atoms with Crippen LogP contribution >= 0.6 is 0 Å². The Morgan fingerprint density at radius 1 is 1.03 bits per heavy atom. The second-order valence-corrected chi connectivity index (χ2v) is 12.0. The van der Waals surface area contributed by atoms with E-state index in [9.17, 15) is 13.6 Å². The summed E-state index contributed by atoms with van der Waals surface area (Å²) >= 11 is 0. The number of carbonyl (C=O) groups is 1. The molecule has 2 nitrogen and oxygen atoms in total. The van der Waals surface area contributed by atoms with E-state index in [0.29, 0.717) is 11.8 Å². The van der Waals surface area contributed by atoms with Crippen LogP contribution in [0, 0.1) is 64.4 Å². The van der Waals surface area contributed by atoms with Gasteiger partial charge in [0.2, 0.25) is 0 Å². The van der Waals surface area contributed by atoms with Crippen molar-refractivity contribution in [2.24, 2.45) is 52.8 Å². The molecule has 9 atom stereocenters. The lowest BCUT2D eigenvalue weighted by Gasteiger charge is -2.56. The van der Waals surface area contributed by atoms with Crippen LogP contribution in [0.1, 0.15) is 72.1 Å². The number of ketones is 1. The minimum absolute atomic E-state index is 0.0357. The van der Waals surface area contributed by atoms with Crippen molar-refractivity contribution in [3.8, 4) is 0 Å². The van der Waals surface area contributed by atoms with Crippen molar-refractivity contribution >= 4 is 11.5 Å². The zero-order chi connectivity index (χ0) is 22.6. The minimum Gasteiger partial charge on any atom is -0.376 e. The van der Waals surface area contributed by atoms with Crippen LogP contribution in [0.4, 0.5) is 14.5 Å². The van der Waals surface area contributed by atoms with E-state index in [1.165, 1.54) is 50.7 Å². The first-order valence-corrected chi connectivity index (χ1v) is 13.0. The molecule has 4 saturated carbocycles. The van der Waals surface area contributed by atoms with Gasteiger partial charge in [-0.2, -0.15) is 0 Å². The van der Waals surface area contributed by atoms with Crippen LogP contribution in [-0.2, 0) is 4.79 Å². The summed E-state index contributed by atoms with van der Waals surface area (Å²) in [5, 5.41) is 2.96. The molecule has 0 bridgehead atoms. The number of benzene rings is 1. The van der Waals surface area contributed by atoms with Crippen LogP contribution in [-0.4, -0.2) is 12.3 Å². The van der Waals surface area contributed by atoms with Crippen molar-refractivity contribution in [3.63, 3.8) is 0 Å². The monoisotopic (exact) mass is 443 g/mol. The predicted molar refractivity (Wildman–Crippen MR) is 124 cm³/mol. The summed E-state index contributed by atoms with van der Waals surface area (Å²) in [5.74, 6) is 4.43. The van der Waals surface area contributed by atoms with E-state index in [-0.39, 0.29) is 29.3 Å². The summed E-state index contributed by atoms with van der Waals surface area (Å²) in [6.45, 7) is 7.19. The summed E-state index contributed by atoms with van der Waals surface area (Å²) < 4.78 is 27.2. The van der Waals surface area contributed by atoms with Crippen LogP contribution in [0.15, 0.2) is 18.2 Å². The van der Waals surface area contributed by atoms with Gasteiger partial charge in [0.05, 0.1) is 12.2 Å². The van der Waals surface area contributed by atoms with E-state index >= 15 is 0 Å². The molecular formula is C28H39F2NO. The van der Waals surface area contributed by atoms with E-state index < -0.39 is 11.6 Å². The maximum Gasteiger partial charge on any atom is 0.155 e. The zero-order valence-corrected chi connectivity index (χ0v) is 19.9. The Morgan fingerprint density at radius 3 is 2.59 bits per heavy atom. The first-order chi connectivity index (χ1) is 15.3. The third-order valence-corrected chi connectivity index (χ3v) is 10.3. The standard InChI is InChI=1S/C28H39F2NO/c1-16-4-7-20-18(12-16)5-8-22-21(20)10-11-28(3)23(22)13-17(2)27(28)26(32)15-31-25-9-6-19(29)14-24(25)30/h6,9,14,16-18,20-23,27,31H,4-5,7-8,10-13,15H2,1-3H3/t16?,17?,18-,20?,21?,22?,23?,27?,28?/m1/s1. The molecule has 5 rings (SSSR count). The predicted octanol–water partition coefficient (Wildman–Crippen LogP) is 7.10. The van der Waals surface area contributed by atoms with Gasteiger partial charge in [0.15, 0.2) is 5.78 Å². The van der Waals surface area contributed by atoms with Gasteiger partial charge in [-0.15, -0.1) is 0 Å². The van der Waals surface area contributed by atoms with E-state index in [2.05, 4.69) is 26.1 Å². The quantitative estimate of drug-likeness (QED) is 0.538. The lowest BCUT2D eigenvalue weighted by molar-refractivity contribution is -0.130. The van der Waals surface area contributed by atoms with Crippen LogP contribution in [0.5, 0.6) is 0 Å². The molecule has 0 spiro atoms. The van der Waals surface area contributed by atoms with Crippen LogP contribution < -0.4 is 5.32 Å². The van der Waals surface area contributed by atoms with E-state index in [1.807, 2.05) is 0 Å². The lowest BCUT2D eigenvalue weighted by Crippen LogP contribution is -2.49. The highest BCUT2D eigenvalue weighted by molar-refractivity contribution is 5.86. The van der Waals surface area contributed by atoms with Crippen LogP contribution in [0.25, 0.3) is 0 Å². The summed E-state index contributed by atoms with van der Waals surface area (Å²) in [6, 6.07) is 3.48. The van der Waals surface area contributed by atoms with Gasteiger partial charge in [-0.25, -0.2) is 8.78 Å². The Bertz CT molecular complexity index is 871. The number of anilines is 1. The molecule has 32 heavy (non-hydrogen) atoms. The normalized spacial score (nSPS) is 43.2. The first-order valence-electron chi connectivity index (χ1n) is 13.0. The molecule has 0 aromatic heterocycles. The largest absolute Gasteiger partial charge is 0.376 e. The summed E-state index contributed by atoms with van der Waals surface area (Å²) in [5.41, 5.74) is 0.274. The Kier molecular flexibility index (Phi) is 5.87. The number of nitrogens with one attached hydrogen (secondary N) is 1. The van der Waals surface area contributed by atoms with E-state index in [0.717, 1.165) is 48.5 Å². The molecule has 4 fully saturated rings. The molecule has 0 radical (unpaired) electrons. The Morgan fingerprint density at radius 2 is 1.81 bits per heavy atom. The van der Waals surface area contributed by atoms with Gasteiger partial charge in [-0.1, -0.05) is 27.2 Å². The smallest absolute Gasteiger partial charge is 0.155 e. The van der Waals surface area contributed by atoms with Crippen LogP contribution in [0.3, 0.4) is 0 Å². The van der Waals surface area contributed by atoms with Gasteiger partial charge in [0.1, 0.15) is 11.6 Å². The topological polar surface area (TPSA) is 29.1 Å². The fourth-order valence-electron chi connectivity index (χ4n) is 9.06.